The Kier molecular flexibility index (Phi) is 5.84. The molecule has 2 aromatic rings. The van der Waals surface area contributed by atoms with Crippen LogP contribution in [0.25, 0.3) is 11.1 Å². The molecule has 7 heteroatoms. The Bertz CT molecular complexity index is 1010. The maximum Gasteiger partial charge on any atom is 0.320 e. The molecule has 2 heterocycles. The van der Waals surface area contributed by atoms with E-state index in [0.29, 0.717) is 6.42 Å². The van der Waals surface area contributed by atoms with Crippen molar-refractivity contribution in [2.75, 3.05) is 19.8 Å². The maximum atomic E-state index is 13.0. The topological polar surface area (TPSA) is 69.7 Å². The highest BCUT2D eigenvalue weighted by Gasteiger charge is 2.44. The molecule has 2 amide bonds. The van der Waals surface area contributed by atoms with E-state index in [1.807, 2.05) is 36.2 Å². The van der Waals surface area contributed by atoms with Crippen LogP contribution in [0.3, 0.4) is 0 Å². The Hall–Kier alpha value is -2.38. The lowest BCUT2D eigenvalue weighted by atomic mass is 9.85. The fraction of sp³-hybridized carbons (Fsp3) is 0.435. The van der Waals surface area contributed by atoms with Gasteiger partial charge >= 0.3 is 6.03 Å². The molecule has 30 heavy (non-hydrogen) atoms. The molecule has 3 unspecified atom stereocenters. The predicted octanol–water partition coefficient (Wildman–Crippen LogP) is 3.10. The molecule has 4 rings (SSSR count). The van der Waals surface area contributed by atoms with Gasteiger partial charge in [0.2, 0.25) is 10.0 Å². The number of urea groups is 1. The maximum absolute atomic E-state index is 13.0. The zero-order valence-electron chi connectivity index (χ0n) is 17.5. The summed E-state index contributed by atoms with van der Waals surface area (Å²) in [7, 11) is -1.55. The van der Waals surface area contributed by atoms with Crippen LogP contribution in [-0.2, 0) is 16.4 Å². The van der Waals surface area contributed by atoms with Gasteiger partial charge in [-0.2, -0.15) is 0 Å². The van der Waals surface area contributed by atoms with E-state index in [9.17, 15) is 13.2 Å². The Labute approximate surface area is 178 Å². The zero-order chi connectivity index (χ0) is 21.3. The van der Waals surface area contributed by atoms with Crippen LogP contribution < -0.4 is 4.72 Å². The Morgan fingerprint density at radius 3 is 2.47 bits per heavy atom. The molecule has 160 valence electrons. The number of rotatable bonds is 5. The summed E-state index contributed by atoms with van der Waals surface area (Å²) >= 11 is 0. The first kappa shape index (κ1) is 20.9. The standard InChI is InChI=1S/C23H29N3O3S/c1-25-14-13-20-11-12-21(24-30(2,28)29)22(26(20)23(25)27)16-17-7-6-10-19(15-17)18-8-4-3-5-9-18/h3-10,15,20-22,24H,11-14,16H2,1-2H3. The molecule has 2 aliphatic rings. The number of hydrogen-bond donors (Lipinski definition) is 1. The zero-order valence-corrected chi connectivity index (χ0v) is 18.3. The van der Waals surface area contributed by atoms with Gasteiger partial charge in [-0.15, -0.1) is 0 Å². The molecule has 0 radical (unpaired) electrons. The Morgan fingerprint density at radius 2 is 1.73 bits per heavy atom. The molecule has 2 saturated heterocycles. The first-order valence-corrected chi connectivity index (χ1v) is 12.4. The van der Waals surface area contributed by atoms with Crippen molar-refractivity contribution in [1.29, 1.82) is 0 Å². The van der Waals surface area contributed by atoms with E-state index < -0.39 is 10.0 Å². The number of amides is 2. The van der Waals surface area contributed by atoms with Gasteiger partial charge in [0.25, 0.3) is 0 Å². The van der Waals surface area contributed by atoms with Crippen molar-refractivity contribution in [1.82, 2.24) is 14.5 Å². The molecular formula is C23H29N3O3S. The first-order valence-electron chi connectivity index (χ1n) is 10.5. The van der Waals surface area contributed by atoms with Crippen molar-refractivity contribution in [3.63, 3.8) is 0 Å². The number of carbonyl (C=O) groups is 1. The predicted molar refractivity (Wildman–Crippen MR) is 119 cm³/mol. The third kappa shape index (κ3) is 4.52. The molecule has 2 aromatic carbocycles. The van der Waals surface area contributed by atoms with E-state index in [0.717, 1.165) is 42.5 Å². The number of carbonyl (C=O) groups excluding carboxylic acids is 1. The molecule has 2 fully saturated rings. The molecule has 6 nitrogen and oxygen atoms in total. The summed E-state index contributed by atoms with van der Waals surface area (Å²) in [6.45, 7) is 0.750. The van der Waals surface area contributed by atoms with E-state index in [-0.39, 0.29) is 24.2 Å². The van der Waals surface area contributed by atoms with Gasteiger partial charge < -0.3 is 9.80 Å². The first-order chi connectivity index (χ1) is 14.3. The van der Waals surface area contributed by atoms with Crippen LogP contribution in [0.5, 0.6) is 0 Å². The molecule has 3 atom stereocenters. The molecule has 1 N–H and O–H groups in total. The van der Waals surface area contributed by atoms with E-state index in [1.165, 1.54) is 6.26 Å². The van der Waals surface area contributed by atoms with Crippen molar-refractivity contribution < 1.29 is 13.2 Å². The van der Waals surface area contributed by atoms with Crippen molar-refractivity contribution in [2.24, 2.45) is 0 Å². The monoisotopic (exact) mass is 427 g/mol. The van der Waals surface area contributed by atoms with Crippen LogP contribution in [0.4, 0.5) is 4.79 Å². The molecule has 0 aliphatic carbocycles. The summed E-state index contributed by atoms with van der Waals surface area (Å²) in [6.07, 6.45) is 4.30. The number of nitrogens with one attached hydrogen (secondary N) is 1. The minimum Gasteiger partial charge on any atom is -0.328 e. The fourth-order valence-electron chi connectivity index (χ4n) is 4.79. The van der Waals surface area contributed by atoms with Crippen LogP contribution >= 0.6 is 0 Å². The summed E-state index contributed by atoms with van der Waals surface area (Å²) in [6, 6.07) is 18.2. The highest BCUT2D eigenvalue weighted by molar-refractivity contribution is 7.88. The normalized spacial score (nSPS) is 24.6. The minimum absolute atomic E-state index is 0.00420. The molecule has 0 spiro atoms. The SMILES string of the molecule is CN1CCC2CCC(NS(C)(=O)=O)C(Cc3cccc(-c4ccccc4)c3)N2C1=O. The van der Waals surface area contributed by atoms with Crippen LogP contribution in [0.15, 0.2) is 54.6 Å². The van der Waals surface area contributed by atoms with Gasteiger partial charge in [0.1, 0.15) is 0 Å². The van der Waals surface area contributed by atoms with Gasteiger partial charge in [0.05, 0.1) is 12.3 Å². The number of hydrogen-bond acceptors (Lipinski definition) is 3. The summed E-state index contributed by atoms with van der Waals surface area (Å²) in [4.78, 5) is 16.7. The summed E-state index contributed by atoms with van der Waals surface area (Å²) in [5.74, 6) is 0. The number of sulfonamides is 1. The van der Waals surface area contributed by atoms with Crippen LogP contribution in [0, 0.1) is 0 Å². The lowest BCUT2D eigenvalue weighted by Gasteiger charge is -2.50. The lowest BCUT2D eigenvalue weighted by molar-refractivity contribution is 0.0417. The molecule has 0 bridgehead atoms. The highest BCUT2D eigenvalue weighted by Crippen LogP contribution is 2.32. The van der Waals surface area contributed by atoms with Crippen LogP contribution in [0.1, 0.15) is 24.8 Å². The Morgan fingerprint density at radius 1 is 1.00 bits per heavy atom. The average molecular weight is 428 g/mol. The number of nitrogens with zero attached hydrogens (tertiary/aromatic N) is 2. The van der Waals surface area contributed by atoms with Gasteiger partial charge in [0.15, 0.2) is 0 Å². The van der Waals surface area contributed by atoms with E-state index >= 15 is 0 Å². The summed E-state index contributed by atoms with van der Waals surface area (Å²) in [5.41, 5.74) is 3.36. The molecule has 2 aliphatic heterocycles. The van der Waals surface area contributed by atoms with Crippen LogP contribution in [0.2, 0.25) is 0 Å². The Balaban J connectivity index is 1.66. The van der Waals surface area contributed by atoms with Gasteiger partial charge in [-0.3, -0.25) is 0 Å². The minimum atomic E-state index is -3.37. The number of benzene rings is 2. The fourth-order valence-corrected chi connectivity index (χ4v) is 5.61. The highest BCUT2D eigenvalue weighted by atomic mass is 32.2. The third-order valence-corrected chi connectivity index (χ3v) is 6.95. The molecular weight excluding hydrogens is 398 g/mol. The van der Waals surface area contributed by atoms with Crippen molar-refractivity contribution in [3.8, 4) is 11.1 Å². The lowest BCUT2D eigenvalue weighted by Crippen LogP contribution is -2.65. The summed E-state index contributed by atoms with van der Waals surface area (Å²) in [5, 5.41) is 0. The van der Waals surface area contributed by atoms with Gasteiger partial charge in [-0.1, -0.05) is 54.6 Å². The third-order valence-electron chi connectivity index (χ3n) is 6.22. The van der Waals surface area contributed by atoms with Crippen molar-refractivity contribution in [2.45, 2.75) is 43.8 Å². The van der Waals surface area contributed by atoms with E-state index in [4.69, 9.17) is 0 Å². The van der Waals surface area contributed by atoms with E-state index in [1.54, 1.807) is 4.90 Å². The van der Waals surface area contributed by atoms with E-state index in [2.05, 4.69) is 35.1 Å². The van der Waals surface area contributed by atoms with Crippen molar-refractivity contribution >= 4 is 16.1 Å². The number of piperidine rings is 1. The van der Waals surface area contributed by atoms with Gasteiger partial charge in [-0.25, -0.2) is 17.9 Å². The summed E-state index contributed by atoms with van der Waals surface area (Å²) < 4.78 is 26.8. The largest absolute Gasteiger partial charge is 0.328 e. The van der Waals surface area contributed by atoms with Gasteiger partial charge in [0, 0.05) is 25.7 Å². The number of fused-ring (bicyclic) bond motifs is 1. The second-order valence-corrected chi connectivity index (χ2v) is 10.2. The van der Waals surface area contributed by atoms with Gasteiger partial charge in [-0.05, 0) is 42.4 Å². The second kappa shape index (κ2) is 8.40. The van der Waals surface area contributed by atoms with Crippen LogP contribution in [-0.4, -0.2) is 62.2 Å². The molecule has 0 aromatic heterocycles. The molecule has 0 saturated carbocycles. The average Bonchev–Trinajstić information content (AvgIpc) is 2.72. The van der Waals surface area contributed by atoms with Crippen molar-refractivity contribution in [3.05, 3.63) is 60.2 Å². The second-order valence-electron chi connectivity index (χ2n) is 8.47. The smallest absolute Gasteiger partial charge is 0.320 e. The quantitative estimate of drug-likeness (QED) is 0.797.